The number of hydrogen-bond acceptors (Lipinski definition) is 3. The molecule has 0 fully saturated rings. The maximum atomic E-state index is 5.83. The highest BCUT2D eigenvalue weighted by Gasteiger charge is 2.01. The van der Waals surface area contributed by atoms with Crippen molar-refractivity contribution in [3.63, 3.8) is 0 Å². The van der Waals surface area contributed by atoms with Crippen molar-refractivity contribution < 1.29 is 4.74 Å². The lowest BCUT2D eigenvalue weighted by molar-refractivity contribution is 0.312. The number of benzene rings is 1. The van der Waals surface area contributed by atoms with Crippen LogP contribution in [0.3, 0.4) is 0 Å². The van der Waals surface area contributed by atoms with Gasteiger partial charge >= 0.3 is 0 Å². The summed E-state index contributed by atoms with van der Waals surface area (Å²) in [5.41, 5.74) is 7.77. The summed E-state index contributed by atoms with van der Waals surface area (Å²) in [4.78, 5) is 3.99. The summed E-state index contributed by atoms with van der Waals surface area (Å²) in [6.45, 7) is 0.656. The highest BCUT2D eigenvalue weighted by Crippen LogP contribution is 2.25. The molecule has 0 aliphatic carbocycles. The summed E-state index contributed by atoms with van der Waals surface area (Å²) < 4.78 is 6.64. The number of nitrogens with zero attached hydrogens (tertiary/aromatic N) is 1. The van der Waals surface area contributed by atoms with Gasteiger partial charge in [0.25, 0.3) is 0 Å². The summed E-state index contributed by atoms with van der Waals surface area (Å²) in [6.07, 6.45) is 5.55. The standard InChI is InChI=1S/C14H15BrN2O/c15-12-3-4-13(16)14(10-12)18-9-1-2-11-5-7-17-8-6-11/h3-8,10H,1-2,9,16H2. The molecule has 3 nitrogen and oxygen atoms in total. The number of aromatic nitrogens is 1. The van der Waals surface area contributed by atoms with E-state index in [0.717, 1.165) is 23.1 Å². The van der Waals surface area contributed by atoms with E-state index in [1.807, 2.05) is 42.7 Å². The van der Waals surface area contributed by atoms with E-state index in [-0.39, 0.29) is 0 Å². The van der Waals surface area contributed by atoms with Gasteiger partial charge in [0, 0.05) is 16.9 Å². The third kappa shape index (κ3) is 3.74. The van der Waals surface area contributed by atoms with E-state index in [0.29, 0.717) is 12.3 Å². The molecule has 0 amide bonds. The lowest BCUT2D eigenvalue weighted by Gasteiger charge is -2.09. The third-order valence-corrected chi connectivity index (χ3v) is 3.09. The first kappa shape index (κ1) is 12.9. The second kappa shape index (κ2) is 6.40. The number of nitrogen functional groups attached to an aromatic ring is 1. The van der Waals surface area contributed by atoms with Gasteiger partial charge in [0.1, 0.15) is 5.75 Å². The maximum absolute atomic E-state index is 5.83. The molecule has 4 heteroatoms. The smallest absolute Gasteiger partial charge is 0.143 e. The monoisotopic (exact) mass is 306 g/mol. The van der Waals surface area contributed by atoms with Gasteiger partial charge in [-0.15, -0.1) is 0 Å². The largest absolute Gasteiger partial charge is 0.491 e. The van der Waals surface area contributed by atoms with Crippen LogP contribution < -0.4 is 10.5 Å². The van der Waals surface area contributed by atoms with Gasteiger partial charge < -0.3 is 10.5 Å². The predicted molar refractivity (Wildman–Crippen MR) is 76.6 cm³/mol. The van der Waals surface area contributed by atoms with Crippen LogP contribution in [0.15, 0.2) is 47.2 Å². The normalized spacial score (nSPS) is 10.3. The second-order valence-electron chi connectivity index (χ2n) is 3.99. The van der Waals surface area contributed by atoms with Crippen LogP contribution >= 0.6 is 15.9 Å². The Bertz CT molecular complexity index is 502. The van der Waals surface area contributed by atoms with Crippen molar-refractivity contribution >= 4 is 21.6 Å². The second-order valence-corrected chi connectivity index (χ2v) is 4.91. The van der Waals surface area contributed by atoms with E-state index >= 15 is 0 Å². The van der Waals surface area contributed by atoms with Crippen molar-refractivity contribution in [3.8, 4) is 5.75 Å². The number of pyridine rings is 1. The average Bonchev–Trinajstić information content (AvgIpc) is 2.40. The molecule has 94 valence electrons. The Kier molecular flexibility index (Phi) is 4.59. The molecule has 0 radical (unpaired) electrons. The summed E-state index contributed by atoms with van der Waals surface area (Å²) in [7, 11) is 0. The van der Waals surface area contributed by atoms with E-state index in [4.69, 9.17) is 10.5 Å². The zero-order chi connectivity index (χ0) is 12.8. The lowest BCUT2D eigenvalue weighted by Crippen LogP contribution is -2.01. The average molecular weight is 307 g/mol. The number of aryl methyl sites for hydroxylation is 1. The van der Waals surface area contributed by atoms with Crippen molar-refractivity contribution in [1.29, 1.82) is 0 Å². The molecule has 1 aromatic carbocycles. The van der Waals surface area contributed by atoms with Gasteiger partial charge in [0.05, 0.1) is 12.3 Å². The molecule has 0 aliphatic rings. The van der Waals surface area contributed by atoms with E-state index in [9.17, 15) is 0 Å². The highest BCUT2D eigenvalue weighted by molar-refractivity contribution is 9.10. The zero-order valence-electron chi connectivity index (χ0n) is 9.97. The number of nitrogens with two attached hydrogens (primary N) is 1. The van der Waals surface area contributed by atoms with Crippen molar-refractivity contribution in [3.05, 3.63) is 52.8 Å². The van der Waals surface area contributed by atoms with Crippen molar-refractivity contribution in [1.82, 2.24) is 4.98 Å². The van der Waals surface area contributed by atoms with E-state index in [2.05, 4.69) is 20.9 Å². The fraction of sp³-hybridized carbons (Fsp3) is 0.214. The van der Waals surface area contributed by atoms with E-state index in [1.54, 1.807) is 0 Å². The van der Waals surface area contributed by atoms with Crippen molar-refractivity contribution in [2.75, 3.05) is 12.3 Å². The number of anilines is 1. The van der Waals surface area contributed by atoms with Crippen LogP contribution in [0.2, 0.25) is 0 Å². The Morgan fingerprint density at radius 3 is 2.72 bits per heavy atom. The molecule has 2 N–H and O–H groups in total. The first-order chi connectivity index (χ1) is 8.75. The Morgan fingerprint density at radius 2 is 1.94 bits per heavy atom. The van der Waals surface area contributed by atoms with Gasteiger partial charge in [-0.2, -0.15) is 0 Å². The van der Waals surface area contributed by atoms with Crippen LogP contribution in [-0.4, -0.2) is 11.6 Å². The molecular weight excluding hydrogens is 292 g/mol. The van der Waals surface area contributed by atoms with Crippen LogP contribution in [0.1, 0.15) is 12.0 Å². The summed E-state index contributed by atoms with van der Waals surface area (Å²) in [5, 5.41) is 0. The van der Waals surface area contributed by atoms with Gasteiger partial charge in [-0.3, -0.25) is 4.98 Å². The fourth-order valence-electron chi connectivity index (χ4n) is 1.64. The molecule has 1 heterocycles. The van der Waals surface area contributed by atoms with Crippen LogP contribution in [0.5, 0.6) is 5.75 Å². The Labute approximate surface area is 115 Å². The molecule has 0 saturated heterocycles. The molecule has 0 aliphatic heterocycles. The Hall–Kier alpha value is -1.55. The SMILES string of the molecule is Nc1ccc(Br)cc1OCCCc1ccncc1. The molecule has 2 rings (SSSR count). The molecule has 0 bridgehead atoms. The third-order valence-electron chi connectivity index (χ3n) is 2.59. The highest BCUT2D eigenvalue weighted by atomic mass is 79.9. The number of halogens is 1. The van der Waals surface area contributed by atoms with E-state index < -0.39 is 0 Å². The van der Waals surface area contributed by atoms with Gasteiger partial charge in [0.2, 0.25) is 0 Å². The number of ether oxygens (including phenoxy) is 1. The van der Waals surface area contributed by atoms with E-state index in [1.165, 1.54) is 5.56 Å². The maximum Gasteiger partial charge on any atom is 0.143 e. The van der Waals surface area contributed by atoms with Gasteiger partial charge in [-0.05, 0) is 48.7 Å². The Balaban J connectivity index is 1.80. The van der Waals surface area contributed by atoms with Gasteiger partial charge in [-0.1, -0.05) is 15.9 Å². The van der Waals surface area contributed by atoms with Crippen molar-refractivity contribution in [2.45, 2.75) is 12.8 Å². The van der Waals surface area contributed by atoms with Crippen molar-refractivity contribution in [2.24, 2.45) is 0 Å². The summed E-state index contributed by atoms with van der Waals surface area (Å²) >= 11 is 3.40. The molecular formula is C14H15BrN2O. The predicted octanol–water partition coefficient (Wildman–Crippen LogP) is 3.44. The van der Waals surface area contributed by atoms with Crippen LogP contribution in [0, 0.1) is 0 Å². The molecule has 2 aromatic rings. The minimum absolute atomic E-state index is 0.656. The number of rotatable bonds is 5. The molecule has 0 unspecified atom stereocenters. The summed E-state index contributed by atoms with van der Waals surface area (Å²) in [6, 6.07) is 9.67. The molecule has 0 spiro atoms. The molecule has 1 aromatic heterocycles. The minimum atomic E-state index is 0.656. The lowest BCUT2D eigenvalue weighted by atomic mass is 10.1. The first-order valence-electron chi connectivity index (χ1n) is 5.82. The molecule has 0 saturated carbocycles. The van der Waals surface area contributed by atoms with Crippen LogP contribution in [0.4, 0.5) is 5.69 Å². The first-order valence-corrected chi connectivity index (χ1v) is 6.62. The van der Waals surface area contributed by atoms with Gasteiger partial charge in [0.15, 0.2) is 0 Å². The quantitative estimate of drug-likeness (QED) is 0.680. The fourth-order valence-corrected chi connectivity index (χ4v) is 1.98. The van der Waals surface area contributed by atoms with Crippen LogP contribution in [-0.2, 0) is 6.42 Å². The Morgan fingerprint density at radius 1 is 1.17 bits per heavy atom. The van der Waals surface area contributed by atoms with Gasteiger partial charge in [-0.25, -0.2) is 0 Å². The topological polar surface area (TPSA) is 48.1 Å². The minimum Gasteiger partial charge on any atom is -0.491 e. The zero-order valence-corrected chi connectivity index (χ0v) is 11.6. The summed E-state index contributed by atoms with van der Waals surface area (Å²) in [5.74, 6) is 0.735. The molecule has 0 atom stereocenters. The number of hydrogen-bond donors (Lipinski definition) is 1. The van der Waals surface area contributed by atoms with Crippen LogP contribution in [0.25, 0.3) is 0 Å². The molecule has 18 heavy (non-hydrogen) atoms.